The molecule has 2 aliphatic heterocycles. The second-order valence-corrected chi connectivity index (χ2v) is 5.33. The van der Waals surface area contributed by atoms with Crippen molar-refractivity contribution in [1.82, 2.24) is 0 Å². The third-order valence-electron chi connectivity index (χ3n) is 3.11. The van der Waals surface area contributed by atoms with Crippen LogP contribution in [-0.4, -0.2) is 48.2 Å². The molecular weight excluding hydrogens is 212 g/mol. The maximum atomic E-state index is 9.88. The maximum Gasteiger partial charge on any atom is 0.184 e. The van der Waals surface area contributed by atoms with Crippen molar-refractivity contribution in [1.29, 1.82) is 0 Å². The second-order valence-electron chi connectivity index (χ2n) is 5.33. The molecule has 2 saturated heterocycles. The van der Waals surface area contributed by atoms with Crippen LogP contribution in [0.2, 0.25) is 0 Å². The van der Waals surface area contributed by atoms with Gasteiger partial charge in [-0.05, 0) is 27.7 Å². The number of rotatable bonds is 1. The minimum atomic E-state index is -0.979. The number of ether oxygens (including phenoxy) is 4. The van der Waals surface area contributed by atoms with Crippen LogP contribution in [-0.2, 0) is 18.9 Å². The summed E-state index contributed by atoms with van der Waals surface area (Å²) in [7, 11) is 1.61. The van der Waals surface area contributed by atoms with E-state index in [1.165, 1.54) is 0 Å². The van der Waals surface area contributed by atoms with Gasteiger partial charge < -0.3 is 24.1 Å². The van der Waals surface area contributed by atoms with Crippen LogP contribution in [0.1, 0.15) is 27.7 Å². The molecule has 0 aromatic heterocycles. The molecule has 0 aliphatic carbocycles. The minimum absolute atomic E-state index is 0.261. The van der Waals surface area contributed by atoms with Crippen LogP contribution in [0.3, 0.4) is 0 Å². The topological polar surface area (TPSA) is 57.2 Å². The van der Waals surface area contributed by atoms with Gasteiger partial charge in [-0.1, -0.05) is 0 Å². The van der Waals surface area contributed by atoms with E-state index < -0.39 is 23.8 Å². The van der Waals surface area contributed by atoms with E-state index >= 15 is 0 Å². The van der Waals surface area contributed by atoms with E-state index in [2.05, 4.69) is 0 Å². The lowest BCUT2D eigenvalue weighted by Gasteiger charge is -2.44. The molecule has 5 heteroatoms. The van der Waals surface area contributed by atoms with Crippen molar-refractivity contribution in [2.45, 2.75) is 63.7 Å². The zero-order valence-electron chi connectivity index (χ0n) is 10.4. The molecule has 4 atom stereocenters. The van der Waals surface area contributed by atoms with Crippen LogP contribution >= 0.6 is 0 Å². The first-order valence-electron chi connectivity index (χ1n) is 5.51. The molecule has 16 heavy (non-hydrogen) atoms. The lowest BCUT2D eigenvalue weighted by Crippen LogP contribution is -2.61. The molecule has 0 aromatic rings. The van der Waals surface area contributed by atoms with E-state index in [-0.39, 0.29) is 12.2 Å². The summed E-state index contributed by atoms with van der Waals surface area (Å²) < 4.78 is 22.3. The van der Waals surface area contributed by atoms with E-state index in [9.17, 15) is 5.11 Å². The maximum absolute atomic E-state index is 9.88. The zero-order valence-corrected chi connectivity index (χ0v) is 10.4. The van der Waals surface area contributed by atoms with Crippen molar-refractivity contribution in [2.75, 3.05) is 7.11 Å². The van der Waals surface area contributed by atoms with Crippen molar-refractivity contribution in [3.8, 4) is 0 Å². The monoisotopic (exact) mass is 232 g/mol. The summed E-state index contributed by atoms with van der Waals surface area (Å²) in [5.41, 5.74) is -0.598. The predicted octanol–water partition coefficient (Wildman–Crippen LogP) is 0.649. The van der Waals surface area contributed by atoms with Gasteiger partial charge in [0.05, 0.1) is 5.60 Å². The Hall–Kier alpha value is -0.200. The molecule has 0 aromatic carbocycles. The molecule has 2 rings (SSSR count). The molecule has 94 valence electrons. The third-order valence-corrected chi connectivity index (χ3v) is 3.11. The van der Waals surface area contributed by atoms with Gasteiger partial charge >= 0.3 is 0 Å². The molecule has 2 heterocycles. The van der Waals surface area contributed by atoms with Crippen molar-refractivity contribution in [2.24, 2.45) is 0 Å². The first kappa shape index (κ1) is 12.3. The van der Waals surface area contributed by atoms with E-state index in [4.69, 9.17) is 18.9 Å². The second kappa shape index (κ2) is 3.65. The summed E-state index contributed by atoms with van der Waals surface area (Å²) in [5, 5.41) is 9.88. The van der Waals surface area contributed by atoms with Gasteiger partial charge in [-0.15, -0.1) is 0 Å². The van der Waals surface area contributed by atoms with Crippen molar-refractivity contribution < 1.29 is 24.1 Å². The highest BCUT2D eigenvalue weighted by atomic mass is 16.8. The molecule has 1 unspecified atom stereocenters. The summed E-state index contributed by atoms with van der Waals surface area (Å²) in [6.07, 6.45) is -2.04. The SMILES string of the molecule is CO[C@@H]1[C@H]2OC(C)(C)O[C@H]2C(O)OC1(C)C. The summed E-state index contributed by atoms with van der Waals surface area (Å²) in [6.45, 7) is 7.38. The Labute approximate surface area is 95.6 Å². The van der Waals surface area contributed by atoms with Gasteiger partial charge in [0, 0.05) is 7.11 Å². The first-order valence-corrected chi connectivity index (χ1v) is 5.51. The Bertz CT molecular complexity index is 276. The quantitative estimate of drug-likeness (QED) is 0.719. The molecule has 1 N–H and O–H groups in total. The van der Waals surface area contributed by atoms with Gasteiger partial charge in [0.2, 0.25) is 0 Å². The van der Waals surface area contributed by atoms with Gasteiger partial charge in [-0.2, -0.15) is 0 Å². The van der Waals surface area contributed by atoms with E-state index in [1.807, 2.05) is 27.7 Å². The fourth-order valence-electron chi connectivity index (χ4n) is 2.53. The van der Waals surface area contributed by atoms with E-state index in [0.717, 1.165) is 0 Å². The lowest BCUT2D eigenvalue weighted by atomic mass is 9.90. The summed E-state index contributed by atoms with van der Waals surface area (Å²) in [4.78, 5) is 0. The van der Waals surface area contributed by atoms with Gasteiger partial charge in [0.25, 0.3) is 0 Å². The van der Waals surface area contributed by atoms with Crippen molar-refractivity contribution in [3.63, 3.8) is 0 Å². The number of fused-ring (bicyclic) bond motifs is 1. The molecule has 5 nitrogen and oxygen atoms in total. The summed E-state index contributed by atoms with van der Waals surface area (Å²) in [5.74, 6) is -0.711. The minimum Gasteiger partial charge on any atom is -0.376 e. The molecule has 0 bridgehead atoms. The average molecular weight is 232 g/mol. The predicted molar refractivity (Wildman–Crippen MR) is 55.8 cm³/mol. The summed E-state index contributed by atoms with van der Waals surface area (Å²) >= 11 is 0. The molecule has 0 spiro atoms. The Kier molecular flexibility index (Phi) is 2.79. The van der Waals surface area contributed by atoms with Crippen molar-refractivity contribution in [3.05, 3.63) is 0 Å². The van der Waals surface area contributed by atoms with Crippen molar-refractivity contribution >= 4 is 0 Å². The molecule has 2 fully saturated rings. The van der Waals surface area contributed by atoms with Crippen LogP contribution in [0.15, 0.2) is 0 Å². The third kappa shape index (κ3) is 1.87. The number of aliphatic hydroxyl groups is 1. The van der Waals surface area contributed by atoms with Crippen LogP contribution in [0.5, 0.6) is 0 Å². The highest BCUT2D eigenvalue weighted by Gasteiger charge is 2.57. The number of aliphatic hydroxyl groups excluding tert-OH is 1. The van der Waals surface area contributed by atoms with Gasteiger partial charge in [-0.3, -0.25) is 0 Å². The zero-order chi connectivity index (χ0) is 12.1. The fourth-order valence-corrected chi connectivity index (χ4v) is 2.53. The molecular formula is C11H20O5. The molecule has 0 saturated carbocycles. The van der Waals surface area contributed by atoms with Crippen LogP contribution in [0, 0.1) is 0 Å². The van der Waals surface area contributed by atoms with Gasteiger partial charge in [0.15, 0.2) is 12.1 Å². The fraction of sp³-hybridized carbons (Fsp3) is 1.00. The number of methoxy groups -OCH3 is 1. The first-order chi connectivity index (χ1) is 7.27. The molecule has 2 aliphatic rings. The Morgan fingerprint density at radius 3 is 2.12 bits per heavy atom. The molecule has 0 amide bonds. The van der Waals surface area contributed by atoms with Crippen LogP contribution < -0.4 is 0 Å². The Morgan fingerprint density at radius 2 is 1.56 bits per heavy atom. The van der Waals surface area contributed by atoms with Gasteiger partial charge in [0.1, 0.15) is 18.3 Å². The highest BCUT2D eigenvalue weighted by molar-refractivity contribution is 5.00. The molecule has 0 radical (unpaired) electrons. The van der Waals surface area contributed by atoms with Crippen LogP contribution in [0.25, 0.3) is 0 Å². The van der Waals surface area contributed by atoms with E-state index in [1.54, 1.807) is 7.11 Å². The highest BCUT2D eigenvalue weighted by Crippen LogP contribution is 2.41. The lowest BCUT2D eigenvalue weighted by molar-refractivity contribution is -0.292. The Balaban J connectivity index is 2.26. The largest absolute Gasteiger partial charge is 0.376 e. The number of hydrogen-bond donors (Lipinski definition) is 1. The number of hydrogen-bond acceptors (Lipinski definition) is 5. The smallest absolute Gasteiger partial charge is 0.184 e. The normalized spacial score (nSPS) is 45.4. The average Bonchev–Trinajstić information content (AvgIpc) is 2.40. The summed E-state index contributed by atoms with van der Waals surface area (Å²) in [6, 6.07) is 0. The Morgan fingerprint density at radius 1 is 1.00 bits per heavy atom. The standard InChI is InChI=1S/C11H20O5/c1-10(2)8(13-5)6-7(9(12)16-10)15-11(3,4)14-6/h6-9,12H,1-5H3/t6-,7+,8+,9?/m0/s1. The van der Waals surface area contributed by atoms with Gasteiger partial charge in [-0.25, -0.2) is 0 Å². The van der Waals surface area contributed by atoms with E-state index in [0.29, 0.717) is 0 Å². The van der Waals surface area contributed by atoms with Crippen LogP contribution in [0.4, 0.5) is 0 Å².